The fraction of sp³-hybridized carbons (Fsp3) is 0.429. The first-order valence-corrected chi connectivity index (χ1v) is 8.37. The molecule has 0 saturated heterocycles. The van der Waals surface area contributed by atoms with Gasteiger partial charge in [-0.2, -0.15) is 0 Å². The molecule has 0 aliphatic carbocycles. The van der Waals surface area contributed by atoms with E-state index >= 15 is 0 Å². The van der Waals surface area contributed by atoms with Crippen molar-refractivity contribution in [1.82, 2.24) is 0 Å². The first kappa shape index (κ1) is 17.2. The number of hydrogen-bond acceptors (Lipinski definition) is 4. The van der Waals surface area contributed by atoms with Crippen LogP contribution in [0.25, 0.3) is 0 Å². The maximum Gasteiger partial charge on any atom is 0.306 e. The van der Waals surface area contributed by atoms with Crippen molar-refractivity contribution in [2.24, 2.45) is 5.92 Å². The number of sulfone groups is 1. The van der Waals surface area contributed by atoms with Gasteiger partial charge in [0.15, 0.2) is 9.84 Å². The number of carboxylic acid groups (broad SMARTS) is 1. The average molecular weight is 313 g/mol. The van der Waals surface area contributed by atoms with Gasteiger partial charge in [0.2, 0.25) is 5.91 Å². The van der Waals surface area contributed by atoms with Crippen LogP contribution in [0.2, 0.25) is 0 Å². The Morgan fingerprint density at radius 1 is 1.24 bits per heavy atom. The van der Waals surface area contributed by atoms with Gasteiger partial charge in [0.1, 0.15) is 5.75 Å². The van der Waals surface area contributed by atoms with E-state index in [4.69, 9.17) is 5.11 Å². The molecule has 0 aliphatic rings. The second-order valence-corrected chi connectivity index (χ2v) is 7.22. The molecule has 0 saturated carbocycles. The van der Waals surface area contributed by atoms with Crippen LogP contribution in [-0.4, -0.2) is 36.9 Å². The molecule has 0 heterocycles. The minimum Gasteiger partial charge on any atom is -0.481 e. The first-order valence-electron chi connectivity index (χ1n) is 6.55. The first-order chi connectivity index (χ1) is 9.73. The minimum absolute atomic E-state index is 0.0769. The Kier molecular flexibility index (Phi) is 5.90. The van der Waals surface area contributed by atoms with Gasteiger partial charge in [-0.3, -0.25) is 9.59 Å². The summed E-state index contributed by atoms with van der Waals surface area (Å²) < 4.78 is 22.6. The van der Waals surface area contributed by atoms with Crippen molar-refractivity contribution < 1.29 is 23.1 Å². The molecule has 0 aromatic heterocycles. The van der Waals surface area contributed by atoms with E-state index < -0.39 is 33.4 Å². The maximum atomic E-state index is 11.6. The summed E-state index contributed by atoms with van der Waals surface area (Å²) >= 11 is 0. The summed E-state index contributed by atoms with van der Waals surface area (Å²) in [6.07, 6.45) is 0.397. The van der Waals surface area contributed by atoms with Crippen LogP contribution in [0, 0.1) is 5.92 Å². The van der Waals surface area contributed by atoms with Gasteiger partial charge in [-0.05, 0) is 24.1 Å². The van der Waals surface area contributed by atoms with Gasteiger partial charge >= 0.3 is 5.97 Å². The molecule has 6 nitrogen and oxygen atoms in total. The van der Waals surface area contributed by atoms with Gasteiger partial charge in [-0.15, -0.1) is 0 Å². The Labute approximate surface area is 124 Å². The third kappa shape index (κ3) is 5.95. The third-order valence-corrected chi connectivity index (χ3v) is 4.57. The third-order valence-electron chi connectivity index (χ3n) is 2.99. The van der Waals surface area contributed by atoms with Gasteiger partial charge in [0, 0.05) is 11.4 Å². The summed E-state index contributed by atoms with van der Waals surface area (Å²) in [6, 6.07) is 6.67. The van der Waals surface area contributed by atoms with Crippen molar-refractivity contribution in [1.29, 1.82) is 0 Å². The lowest BCUT2D eigenvalue weighted by atomic mass is 10.0. The van der Waals surface area contributed by atoms with Crippen LogP contribution in [-0.2, 0) is 25.8 Å². The van der Waals surface area contributed by atoms with Gasteiger partial charge in [-0.1, -0.05) is 26.0 Å². The molecule has 1 aromatic carbocycles. The van der Waals surface area contributed by atoms with E-state index in [0.29, 0.717) is 12.1 Å². The minimum atomic E-state index is -3.35. The Morgan fingerprint density at radius 2 is 1.81 bits per heavy atom. The lowest BCUT2D eigenvalue weighted by Crippen LogP contribution is -2.23. The van der Waals surface area contributed by atoms with Crippen molar-refractivity contribution >= 4 is 27.4 Å². The molecule has 1 amide bonds. The highest BCUT2D eigenvalue weighted by Crippen LogP contribution is 2.13. The smallest absolute Gasteiger partial charge is 0.306 e. The van der Waals surface area contributed by atoms with Crippen LogP contribution in [0.5, 0.6) is 0 Å². The number of nitrogens with one attached hydrogen (secondary N) is 1. The summed E-state index contributed by atoms with van der Waals surface area (Å²) in [7, 11) is -3.35. The molecule has 1 rings (SSSR count). The zero-order valence-corrected chi connectivity index (χ0v) is 12.8. The zero-order chi connectivity index (χ0) is 16.0. The molecule has 1 unspecified atom stereocenters. The average Bonchev–Trinajstić information content (AvgIpc) is 2.40. The van der Waals surface area contributed by atoms with Crippen LogP contribution in [0.4, 0.5) is 5.69 Å². The van der Waals surface area contributed by atoms with Crippen LogP contribution in [0.15, 0.2) is 24.3 Å². The molecule has 1 atom stereocenters. The van der Waals surface area contributed by atoms with Gasteiger partial charge in [0.05, 0.1) is 5.92 Å². The molecule has 0 aliphatic heterocycles. The summed E-state index contributed by atoms with van der Waals surface area (Å²) in [5.41, 5.74) is 1.32. The van der Waals surface area contributed by atoms with Crippen LogP contribution in [0.3, 0.4) is 0 Å². The largest absolute Gasteiger partial charge is 0.481 e. The van der Waals surface area contributed by atoms with Crippen molar-refractivity contribution in [3.63, 3.8) is 0 Å². The second-order valence-electron chi connectivity index (χ2n) is 4.87. The Hall–Kier alpha value is -1.89. The number of benzene rings is 1. The molecule has 0 spiro atoms. The summed E-state index contributed by atoms with van der Waals surface area (Å²) in [6.45, 7) is 3.11. The monoisotopic (exact) mass is 313 g/mol. The van der Waals surface area contributed by atoms with E-state index in [2.05, 4.69) is 5.32 Å². The van der Waals surface area contributed by atoms with E-state index in [1.165, 1.54) is 6.92 Å². The number of carboxylic acids is 1. The van der Waals surface area contributed by atoms with E-state index in [1.807, 2.05) is 0 Å². The molecular weight excluding hydrogens is 294 g/mol. The normalized spacial score (nSPS) is 12.7. The predicted octanol–water partition coefficient (Wildman–Crippen LogP) is 1.32. The number of carbonyl (C=O) groups excluding carboxylic acids is 1. The van der Waals surface area contributed by atoms with Gasteiger partial charge in [-0.25, -0.2) is 8.42 Å². The van der Waals surface area contributed by atoms with E-state index in [1.54, 1.807) is 31.2 Å². The van der Waals surface area contributed by atoms with Crippen molar-refractivity contribution in [2.45, 2.75) is 20.3 Å². The second kappa shape index (κ2) is 7.21. The highest BCUT2D eigenvalue weighted by Gasteiger charge is 2.15. The zero-order valence-electron chi connectivity index (χ0n) is 12.0. The standard InChI is InChI=1S/C14H19NO5S/c1-3-21(19,20)9-13(16)15-12-6-4-11(5-7-12)8-10(2)14(17)18/h4-7,10H,3,8-9H2,1-2H3,(H,15,16)(H,17,18). The molecule has 7 heteroatoms. The SMILES string of the molecule is CCS(=O)(=O)CC(=O)Nc1ccc(CC(C)C(=O)O)cc1. The molecule has 21 heavy (non-hydrogen) atoms. The molecular formula is C14H19NO5S. The van der Waals surface area contributed by atoms with Gasteiger partial charge in [0.25, 0.3) is 0 Å². The van der Waals surface area contributed by atoms with Crippen LogP contribution in [0.1, 0.15) is 19.4 Å². The predicted molar refractivity (Wildman–Crippen MR) is 79.9 cm³/mol. The highest BCUT2D eigenvalue weighted by atomic mass is 32.2. The molecule has 116 valence electrons. The Balaban J connectivity index is 2.63. The Morgan fingerprint density at radius 3 is 2.29 bits per heavy atom. The number of anilines is 1. The Bertz CT molecular complexity index is 607. The summed E-state index contributed by atoms with van der Waals surface area (Å²) in [4.78, 5) is 22.3. The molecule has 0 fully saturated rings. The number of hydrogen-bond donors (Lipinski definition) is 2. The number of aliphatic carboxylic acids is 1. The van der Waals surface area contributed by atoms with Crippen molar-refractivity contribution in [3.8, 4) is 0 Å². The number of carbonyl (C=O) groups is 2. The fourth-order valence-corrected chi connectivity index (χ4v) is 2.34. The van der Waals surface area contributed by atoms with Gasteiger partial charge < -0.3 is 10.4 Å². The maximum absolute atomic E-state index is 11.6. The topological polar surface area (TPSA) is 101 Å². The summed E-state index contributed by atoms with van der Waals surface area (Å²) in [5, 5.41) is 11.3. The molecule has 0 radical (unpaired) electrons. The lowest BCUT2D eigenvalue weighted by molar-refractivity contribution is -0.141. The lowest BCUT2D eigenvalue weighted by Gasteiger charge is -2.08. The quantitative estimate of drug-likeness (QED) is 0.790. The van der Waals surface area contributed by atoms with E-state index in [-0.39, 0.29) is 5.75 Å². The molecule has 0 bridgehead atoms. The van der Waals surface area contributed by atoms with Crippen molar-refractivity contribution in [2.75, 3.05) is 16.8 Å². The number of amides is 1. The summed E-state index contributed by atoms with van der Waals surface area (Å²) in [5.74, 6) is -2.55. The molecule has 2 N–H and O–H groups in total. The van der Waals surface area contributed by atoms with Crippen molar-refractivity contribution in [3.05, 3.63) is 29.8 Å². The van der Waals surface area contributed by atoms with Crippen LogP contribution >= 0.6 is 0 Å². The fourth-order valence-electron chi connectivity index (χ4n) is 1.66. The number of rotatable bonds is 7. The molecule has 1 aromatic rings. The highest BCUT2D eigenvalue weighted by molar-refractivity contribution is 7.92. The van der Waals surface area contributed by atoms with Crippen LogP contribution < -0.4 is 5.32 Å². The van der Waals surface area contributed by atoms with E-state index in [0.717, 1.165) is 5.56 Å². The van der Waals surface area contributed by atoms with E-state index in [9.17, 15) is 18.0 Å².